The van der Waals surface area contributed by atoms with Gasteiger partial charge in [-0.2, -0.15) is 5.10 Å². The molecule has 6 heteroatoms. The lowest BCUT2D eigenvalue weighted by Crippen LogP contribution is -2.48. The quantitative estimate of drug-likeness (QED) is 0.794. The Bertz CT molecular complexity index is 425. The molecule has 2 saturated heterocycles. The van der Waals surface area contributed by atoms with E-state index in [9.17, 15) is 0 Å². The molecule has 0 aromatic carbocycles. The zero-order chi connectivity index (χ0) is 14.5. The van der Waals surface area contributed by atoms with Gasteiger partial charge in [0.15, 0.2) is 5.82 Å². The summed E-state index contributed by atoms with van der Waals surface area (Å²) in [6.07, 6.45) is 3.12. The highest BCUT2D eigenvalue weighted by Crippen LogP contribution is 2.17. The van der Waals surface area contributed by atoms with Crippen LogP contribution in [0.4, 0.5) is 5.82 Å². The highest BCUT2D eigenvalue weighted by Gasteiger charge is 2.25. The Balaban J connectivity index is 1.49. The van der Waals surface area contributed by atoms with E-state index >= 15 is 0 Å². The first-order valence-corrected chi connectivity index (χ1v) is 7.72. The number of morpholine rings is 1. The molecule has 6 nitrogen and oxygen atoms in total. The third-order valence-corrected chi connectivity index (χ3v) is 4.19. The number of hydrogen-bond acceptors (Lipinski definition) is 6. The summed E-state index contributed by atoms with van der Waals surface area (Å²) in [6.45, 7) is 6.65. The number of likely N-dealkylation sites (N-methyl/N-ethyl adjacent to an activating group) is 1. The van der Waals surface area contributed by atoms with Gasteiger partial charge in [-0.25, -0.2) is 0 Å². The third-order valence-electron chi connectivity index (χ3n) is 4.19. The fourth-order valence-corrected chi connectivity index (χ4v) is 3.05. The average molecular weight is 292 g/mol. The molecular weight excluding hydrogens is 268 g/mol. The van der Waals surface area contributed by atoms with Crippen molar-refractivity contribution in [2.45, 2.75) is 12.5 Å². The molecule has 21 heavy (non-hydrogen) atoms. The summed E-state index contributed by atoms with van der Waals surface area (Å²) in [5.74, 6) is 1.59. The van der Waals surface area contributed by atoms with Crippen molar-refractivity contribution >= 4 is 5.82 Å². The minimum absolute atomic E-state index is 0.230. The summed E-state index contributed by atoms with van der Waals surface area (Å²) >= 11 is 0. The standard InChI is InChI=1S/C15H24N4O2/c1-18(15-3-2-5-16-17-15)10-14-11-19(6-8-21-14)9-13-4-7-20-12-13/h2-3,5,13-14H,4,6-12H2,1H3/t13-,14+/m1/s1. The van der Waals surface area contributed by atoms with Gasteiger partial charge >= 0.3 is 0 Å². The minimum Gasteiger partial charge on any atom is -0.381 e. The minimum atomic E-state index is 0.230. The molecule has 0 spiro atoms. The molecule has 2 aliphatic heterocycles. The highest BCUT2D eigenvalue weighted by molar-refractivity contribution is 5.35. The molecule has 0 bridgehead atoms. The summed E-state index contributed by atoms with van der Waals surface area (Å²) in [4.78, 5) is 4.62. The number of rotatable bonds is 5. The van der Waals surface area contributed by atoms with E-state index in [-0.39, 0.29) is 6.10 Å². The molecule has 0 N–H and O–H groups in total. The number of ether oxygens (including phenoxy) is 2. The maximum absolute atomic E-state index is 5.90. The van der Waals surface area contributed by atoms with Crippen molar-refractivity contribution in [2.24, 2.45) is 5.92 Å². The Labute approximate surface area is 126 Å². The topological polar surface area (TPSA) is 50.7 Å². The van der Waals surface area contributed by atoms with E-state index in [0.29, 0.717) is 5.92 Å². The van der Waals surface area contributed by atoms with Gasteiger partial charge in [0.2, 0.25) is 0 Å². The predicted octanol–water partition coefficient (Wildman–Crippen LogP) is 0.650. The van der Waals surface area contributed by atoms with Crippen LogP contribution in [0.3, 0.4) is 0 Å². The lowest BCUT2D eigenvalue weighted by atomic mass is 10.1. The van der Waals surface area contributed by atoms with Crippen LogP contribution in [0.25, 0.3) is 0 Å². The maximum atomic E-state index is 5.90. The van der Waals surface area contributed by atoms with E-state index in [1.807, 2.05) is 19.2 Å². The first-order chi connectivity index (χ1) is 10.3. The number of anilines is 1. The highest BCUT2D eigenvalue weighted by atomic mass is 16.5. The summed E-state index contributed by atoms with van der Waals surface area (Å²) in [5.41, 5.74) is 0. The van der Waals surface area contributed by atoms with Crippen molar-refractivity contribution < 1.29 is 9.47 Å². The van der Waals surface area contributed by atoms with Crippen LogP contribution in [-0.2, 0) is 9.47 Å². The van der Waals surface area contributed by atoms with Crippen LogP contribution in [0, 0.1) is 5.92 Å². The molecule has 0 saturated carbocycles. The predicted molar refractivity (Wildman–Crippen MR) is 80.4 cm³/mol. The zero-order valence-corrected chi connectivity index (χ0v) is 12.6. The van der Waals surface area contributed by atoms with Crippen molar-refractivity contribution in [1.29, 1.82) is 0 Å². The molecule has 0 unspecified atom stereocenters. The second-order valence-corrected chi connectivity index (χ2v) is 5.94. The summed E-state index contributed by atoms with van der Waals surface area (Å²) in [7, 11) is 2.04. The normalized spacial score (nSPS) is 26.9. The molecule has 0 amide bonds. The zero-order valence-electron chi connectivity index (χ0n) is 12.6. The lowest BCUT2D eigenvalue weighted by Gasteiger charge is -2.35. The van der Waals surface area contributed by atoms with Gasteiger partial charge in [0.25, 0.3) is 0 Å². The van der Waals surface area contributed by atoms with Gasteiger partial charge in [0.05, 0.1) is 19.3 Å². The molecule has 1 aromatic rings. The van der Waals surface area contributed by atoms with Crippen LogP contribution in [0.5, 0.6) is 0 Å². The van der Waals surface area contributed by atoms with Crippen LogP contribution < -0.4 is 4.90 Å². The number of nitrogens with zero attached hydrogens (tertiary/aromatic N) is 4. The molecule has 0 radical (unpaired) electrons. The number of aromatic nitrogens is 2. The van der Waals surface area contributed by atoms with E-state index in [4.69, 9.17) is 9.47 Å². The molecule has 2 atom stereocenters. The van der Waals surface area contributed by atoms with Gasteiger partial charge < -0.3 is 14.4 Å². The molecule has 2 aliphatic rings. The van der Waals surface area contributed by atoms with Crippen molar-refractivity contribution in [3.63, 3.8) is 0 Å². The van der Waals surface area contributed by atoms with Crippen molar-refractivity contribution in [3.05, 3.63) is 18.3 Å². The van der Waals surface area contributed by atoms with E-state index in [0.717, 1.165) is 51.8 Å². The molecule has 3 rings (SSSR count). The van der Waals surface area contributed by atoms with Crippen LogP contribution in [0.2, 0.25) is 0 Å². The van der Waals surface area contributed by atoms with Crippen molar-refractivity contribution in [3.8, 4) is 0 Å². The molecule has 0 aliphatic carbocycles. The molecule has 3 heterocycles. The van der Waals surface area contributed by atoms with Crippen LogP contribution in [0.1, 0.15) is 6.42 Å². The van der Waals surface area contributed by atoms with Crippen LogP contribution >= 0.6 is 0 Å². The second-order valence-electron chi connectivity index (χ2n) is 5.94. The Kier molecular flexibility index (Phi) is 5.00. The fraction of sp³-hybridized carbons (Fsp3) is 0.733. The molecule has 1 aromatic heterocycles. The van der Waals surface area contributed by atoms with Crippen molar-refractivity contribution in [1.82, 2.24) is 15.1 Å². The van der Waals surface area contributed by atoms with Crippen LogP contribution in [-0.4, -0.2) is 74.2 Å². The monoisotopic (exact) mass is 292 g/mol. The van der Waals surface area contributed by atoms with E-state index in [2.05, 4.69) is 20.0 Å². The molecular formula is C15H24N4O2. The second kappa shape index (κ2) is 7.15. The Morgan fingerprint density at radius 3 is 3.14 bits per heavy atom. The Hall–Kier alpha value is -1.24. The van der Waals surface area contributed by atoms with E-state index in [1.54, 1.807) is 6.20 Å². The smallest absolute Gasteiger partial charge is 0.151 e. The SMILES string of the molecule is CN(C[C@H]1CN(C[C@H]2CCOC2)CCO1)c1cccnn1. The molecule has 2 fully saturated rings. The largest absolute Gasteiger partial charge is 0.381 e. The summed E-state index contributed by atoms with van der Waals surface area (Å²) in [6, 6.07) is 3.89. The van der Waals surface area contributed by atoms with Gasteiger partial charge in [-0.15, -0.1) is 5.10 Å². The summed E-state index contributed by atoms with van der Waals surface area (Å²) < 4.78 is 11.4. The van der Waals surface area contributed by atoms with Crippen LogP contribution in [0.15, 0.2) is 18.3 Å². The Morgan fingerprint density at radius 2 is 2.38 bits per heavy atom. The Morgan fingerprint density at radius 1 is 1.43 bits per heavy atom. The first kappa shape index (κ1) is 14.7. The number of hydrogen-bond donors (Lipinski definition) is 0. The van der Waals surface area contributed by atoms with Gasteiger partial charge in [-0.1, -0.05) is 0 Å². The van der Waals surface area contributed by atoms with E-state index < -0.39 is 0 Å². The van der Waals surface area contributed by atoms with E-state index in [1.165, 1.54) is 6.42 Å². The third kappa shape index (κ3) is 4.12. The van der Waals surface area contributed by atoms with Gasteiger partial charge in [0.1, 0.15) is 0 Å². The molecule has 116 valence electrons. The van der Waals surface area contributed by atoms with Gasteiger partial charge in [-0.3, -0.25) is 4.90 Å². The summed E-state index contributed by atoms with van der Waals surface area (Å²) in [5, 5.41) is 8.06. The maximum Gasteiger partial charge on any atom is 0.151 e. The average Bonchev–Trinajstić information content (AvgIpc) is 3.01. The van der Waals surface area contributed by atoms with Gasteiger partial charge in [-0.05, 0) is 24.5 Å². The first-order valence-electron chi connectivity index (χ1n) is 7.72. The lowest BCUT2D eigenvalue weighted by molar-refractivity contribution is -0.0284. The van der Waals surface area contributed by atoms with Gasteiger partial charge in [0, 0.05) is 46.0 Å². The van der Waals surface area contributed by atoms with Crippen molar-refractivity contribution in [2.75, 3.05) is 57.9 Å². The fourth-order valence-electron chi connectivity index (χ4n) is 3.05.